The maximum absolute atomic E-state index is 11.4. The fourth-order valence-corrected chi connectivity index (χ4v) is 0.894. The van der Waals surface area contributed by atoms with Gasteiger partial charge < -0.3 is 0 Å². The van der Waals surface area contributed by atoms with E-state index in [1.165, 1.54) is 0 Å². The lowest BCUT2D eigenvalue weighted by Gasteiger charge is -2.19. The summed E-state index contributed by atoms with van der Waals surface area (Å²) in [6.07, 6.45) is 4.36. The number of rotatable bonds is 9. The second-order valence-corrected chi connectivity index (χ2v) is 3.38. The molecule has 0 N–H and O–H groups in total. The maximum atomic E-state index is 11.4. The highest BCUT2D eigenvalue weighted by Gasteiger charge is 2.12. The second kappa shape index (κ2) is 9.93. The molecule has 0 rings (SSSR count). The van der Waals surface area contributed by atoms with Crippen molar-refractivity contribution in [3.8, 4) is 0 Å². The zero-order valence-corrected chi connectivity index (χ0v) is 10.1. The minimum atomic E-state index is -0.123. The van der Waals surface area contributed by atoms with Crippen LogP contribution in [0, 0.1) is 0 Å². The van der Waals surface area contributed by atoms with Crippen molar-refractivity contribution in [3.63, 3.8) is 0 Å². The standard InChI is InChI=1S/C11H23NO3/c1-4-7-9-14-12(11(13)6-3)15-10-8-5-2/h4-10H2,1-3H3. The van der Waals surface area contributed by atoms with Gasteiger partial charge in [-0.3, -0.25) is 4.79 Å². The molecule has 0 aliphatic heterocycles. The molecule has 15 heavy (non-hydrogen) atoms. The lowest BCUT2D eigenvalue weighted by atomic mass is 10.4. The molecule has 0 heterocycles. The molecule has 0 aromatic heterocycles. The molecule has 0 aromatic carbocycles. The summed E-state index contributed by atoms with van der Waals surface area (Å²) in [7, 11) is 0. The molecule has 4 heteroatoms. The third kappa shape index (κ3) is 7.33. The zero-order valence-electron chi connectivity index (χ0n) is 10.1. The Labute approximate surface area is 92.4 Å². The summed E-state index contributed by atoms with van der Waals surface area (Å²) in [5.74, 6) is -0.123. The van der Waals surface area contributed by atoms with Gasteiger partial charge in [0.2, 0.25) is 0 Å². The molecule has 0 saturated carbocycles. The summed E-state index contributed by atoms with van der Waals surface area (Å²) >= 11 is 0. The average molecular weight is 217 g/mol. The summed E-state index contributed by atoms with van der Waals surface area (Å²) in [5.41, 5.74) is 0. The molecule has 0 atom stereocenters. The first-order valence-electron chi connectivity index (χ1n) is 5.85. The van der Waals surface area contributed by atoms with Crippen LogP contribution in [0.2, 0.25) is 0 Å². The van der Waals surface area contributed by atoms with E-state index in [0.29, 0.717) is 19.6 Å². The van der Waals surface area contributed by atoms with Crippen molar-refractivity contribution < 1.29 is 14.5 Å². The Kier molecular flexibility index (Phi) is 9.52. The van der Waals surface area contributed by atoms with E-state index < -0.39 is 0 Å². The molecular formula is C11H23NO3. The van der Waals surface area contributed by atoms with Crippen molar-refractivity contribution in [2.24, 2.45) is 0 Å². The van der Waals surface area contributed by atoms with Crippen LogP contribution in [0.15, 0.2) is 0 Å². The molecule has 90 valence electrons. The van der Waals surface area contributed by atoms with Gasteiger partial charge in [0.05, 0.1) is 13.2 Å². The summed E-state index contributed by atoms with van der Waals surface area (Å²) < 4.78 is 0. The molecule has 0 saturated heterocycles. The second-order valence-electron chi connectivity index (χ2n) is 3.38. The van der Waals surface area contributed by atoms with E-state index in [2.05, 4.69) is 13.8 Å². The van der Waals surface area contributed by atoms with Crippen LogP contribution in [0.25, 0.3) is 0 Å². The zero-order chi connectivity index (χ0) is 11.5. The van der Waals surface area contributed by atoms with Crippen LogP contribution in [0.1, 0.15) is 52.9 Å². The van der Waals surface area contributed by atoms with E-state index in [1.807, 2.05) is 0 Å². The topological polar surface area (TPSA) is 38.8 Å². The molecule has 0 unspecified atom stereocenters. The Morgan fingerprint density at radius 1 is 1.00 bits per heavy atom. The molecule has 0 aliphatic carbocycles. The highest BCUT2D eigenvalue weighted by molar-refractivity contribution is 5.73. The molecule has 0 aromatic rings. The van der Waals surface area contributed by atoms with E-state index in [4.69, 9.17) is 9.68 Å². The van der Waals surface area contributed by atoms with Gasteiger partial charge in [-0.05, 0) is 12.8 Å². The summed E-state index contributed by atoms with van der Waals surface area (Å²) in [5, 5.41) is 1.05. The van der Waals surface area contributed by atoms with Crippen molar-refractivity contribution in [3.05, 3.63) is 0 Å². The van der Waals surface area contributed by atoms with Crippen LogP contribution in [0.4, 0.5) is 0 Å². The number of carbonyl (C=O) groups is 1. The van der Waals surface area contributed by atoms with Crippen LogP contribution in [-0.4, -0.2) is 24.3 Å². The van der Waals surface area contributed by atoms with E-state index in [9.17, 15) is 4.79 Å². The third-order valence-corrected chi connectivity index (χ3v) is 1.92. The van der Waals surface area contributed by atoms with E-state index in [0.717, 1.165) is 30.9 Å². The molecule has 0 spiro atoms. The Hall–Kier alpha value is -0.610. The van der Waals surface area contributed by atoms with Gasteiger partial charge in [-0.25, -0.2) is 9.68 Å². The third-order valence-electron chi connectivity index (χ3n) is 1.92. The van der Waals surface area contributed by atoms with Gasteiger partial charge in [-0.2, -0.15) is 0 Å². The quantitative estimate of drug-likeness (QED) is 0.440. The number of hydroxylamine groups is 2. The van der Waals surface area contributed by atoms with Crippen molar-refractivity contribution in [2.45, 2.75) is 52.9 Å². The first-order valence-corrected chi connectivity index (χ1v) is 5.85. The highest BCUT2D eigenvalue weighted by Crippen LogP contribution is 2.01. The Balaban J connectivity index is 3.79. The molecule has 0 bridgehead atoms. The van der Waals surface area contributed by atoms with Crippen LogP contribution in [-0.2, 0) is 14.5 Å². The van der Waals surface area contributed by atoms with E-state index in [-0.39, 0.29) is 5.91 Å². The molecule has 1 amide bonds. The van der Waals surface area contributed by atoms with Crippen LogP contribution < -0.4 is 0 Å². The smallest absolute Gasteiger partial charge is 0.270 e. The van der Waals surface area contributed by atoms with Gasteiger partial charge in [0.1, 0.15) is 0 Å². The highest BCUT2D eigenvalue weighted by atomic mass is 17.0. The average Bonchev–Trinajstić information content (AvgIpc) is 2.26. The SMILES string of the molecule is CCCCON(OCCCC)C(=O)CC. The van der Waals surface area contributed by atoms with E-state index >= 15 is 0 Å². The molecular weight excluding hydrogens is 194 g/mol. The number of hydrogen-bond acceptors (Lipinski definition) is 3. The van der Waals surface area contributed by atoms with Gasteiger partial charge in [0.25, 0.3) is 5.91 Å². The van der Waals surface area contributed by atoms with Gasteiger partial charge in [-0.1, -0.05) is 38.8 Å². The molecule has 0 aliphatic rings. The first-order chi connectivity index (χ1) is 7.26. The molecule has 4 nitrogen and oxygen atoms in total. The minimum Gasteiger partial charge on any atom is -0.270 e. The maximum Gasteiger partial charge on any atom is 0.273 e. The van der Waals surface area contributed by atoms with Crippen LogP contribution >= 0.6 is 0 Å². The predicted molar refractivity (Wildman–Crippen MR) is 58.9 cm³/mol. The number of unbranched alkanes of at least 4 members (excludes halogenated alkanes) is 2. The fraction of sp³-hybridized carbons (Fsp3) is 0.909. The largest absolute Gasteiger partial charge is 0.273 e. The van der Waals surface area contributed by atoms with Gasteiger partial charge in [0.15, 0.2) is 0 Å². The van der Waals surface area contributed by atoms with E-state index in [1.54, 1.807) is 6.92 Å². The van der Waals surface area contributed by atoms with Gasteiger partial charge in [-0.15, -0.1) is 0 Å². The number of carbonyl (C=O) groups excluding carboxylic acids is 1. The lowest BCUT2D eigenvalue weighted by Crippen LogP contribution is -2.31. The molecule has 0 radical (unpaired) electrons. The Morgan fingerprint density at radius 3 is 1.80 bits per heavy atom. The van der Waals surface area contributed by atoms with Crippen molar-refractivity contribution in [2.75, 3.05) is 13.2 Å². The fourth-order valence-electron chi connectivity index (χ4n) is 0.894. The number of hydrogen-bond donors (Lipinski definition) is 0. The Bertz CT molecular complexity index is 152. The first kappa shape index (κ1) is 14.4. The minimum absolute atomic E-state index is 0.123. The normalized spacial score (nSPS) is 10.3. The van der Waals surface area contributed by atoms with Gasteiger partial charge >= 0.3 is 0 Å². The Morgan fingerprint density at radius 2 is 1.47 bits per heavy atom. The van der Waals surface area contributed by atoms with Crippen molar-refractivity contribution in [1.29, 1.82) is 0 Å². The summed E-state index contributed by atoms with van der Waals surface area (Å²) in [6, 6.07) is 0. The summed E-state index contributed by atoms with van der Waals surface area (Å²) in [4.78, 5) is 21.9. The van der Waals surface area contributed by atoms with Crippen molar-refractivity contribution in [1.82, 2.24) is 5.23 Å². The monoisotopic (exact) mass is 217 g/mol. The number of amides is 1. The lowest BCUT2D eigenvalue weighted by molar-refractivity contribution is -0.342. The van der Waals surface area contributed by atoms with Crippen LogP contribution in [0.5, 0.6) is 0 Å². The van der Waals surface area contributed by atoms with Gasteiger partial charge in [0, 0.05) is 6.42 Å². The van der Waals surface area contributed by atoms with Crippen LogP contribution in [0.3, 0.4) is 0 Å². The summed E-state index contributed by atoms with van der Waals surface area (Å²) in [6.45, 7) is 7.02. The molecule has 0 fully saturated rings. The number of nitrogens with zero attached hydrogens (tertiary/aromatic N) is 1. The van der Waals surface area contributed by atoms with Crippen molar-refractivity contribution >= 4 is 5.91 Å². The predicted octanol–water partition coefficient (Wildman–Crippen LogP) is 2.69.